The summed E-state index contributed by atoms with van der Waals surface area (Å²) >= 11 is 0. The zero-order valence-corrected chi connectivity index (χ0v) is 13.7. The molecule has 0 saturated carbocycles. The molecule has 0 saturated heterocycles. The molecule has 25 heavy (non-hydrogen) atoms. The molecule has 7 nitrogen and oxygen atoms in total. The van der Waals surface area contributed by atoms with Crippen LogP contribution in [0.5, 0.6) is 0 Å². The number of anilines is 1. The van der Waals surface area contributed by atoms with Gasteiger partial charge >= 0.3 is 0 Å². The minimum atomic E-state index is -1.13. The number of nitro groups is 1. The van der Waals surface area contributed by atoms with Gasteiger partial charge in [-0.3, -0.25) is 14.9 Å². The number of carbonyl (C=O) groups excluding carboxylic acids is 1. The molecule has 2 aromatic carbocycles. The van der Waals surface area contributed by atoms with Crippen LogP contribution < -0.4 is 11.1 Å². The van der Waals surface area contributed by atoms with E-state index in [4.69, 9.17) is 5.73 Å². The molecule has 128 valence electrons. The maximum absolute atomic E-state index is 12.5. The minimum Gasteiger partial charge on any atom is -0.361 e. The molecule has 7 heteroatoms. The third-order valence-electron chi connectivity index (χ3n) is 4.09. The molecule has 0 radical (unpaired) electrons. The maximum atomic E-state index is 12.5. The largest absolute Gasteiger partial charge is 0.361 e. The van der Waals surface area contributed by atoms with E-state index < -0.39 is 10.5 Å². The zero-order chi connectivity index (χ0) is 18.0. The fourth-order valence-corrected chi connectivity index (χ4v) is 2.69. The highest BCUT2D eigenvalue weighted by molar-refractivity contribution is 5.98. The molecule has 0 aliphatic carbocycles. The van der Waals surface area contributed by atoms with Crippen molar-refractivity contribution in [2.75, 3.05) is 5.32 Å². The fraction of sp³-hybridized carbons (Fsp3) is 0.167. The van der Waals surface area contributed by atoms with Gasteiger partial charge < -0.3 is 16.0 Å². The van der Waals surface area contributed by atoms with Gasteiger partial charge in [0, 0.05) is 41.3 Å². The highest BCUT2D eigenvalue weighted by Gasteiger charge is 2.29. The first kappa shape index (κ1) is 16.7. The summed E-state index contributed by atoms with van der Waals surface area (Å²) in [5.41, 5.74) is 7.48. The molecule has 3 rings (SSSR count). The van der Waals surface area contributed by atoms with Gasteiger partial charge in [-0.2, -0.15) is 0 Å². The third kappa shape index (κ3) is 3.51. The van der Waals surface area contributed by atoms with E-state index in [1.165, 1.54) is 24.3 Å². The Morgan fingerprint density at radius 1 is 1.24 bits per heavy atom. The van der Waals surface area contributed by atoms with Crippen LogP contribution in [0.2, 0.25) is 0 Å². The molecule has 0 spiro atoms. The van der Waals surface area contributed by atoms with Crippen LogP contribution in [0.1, 0.15) is 12.5 Å². The van der Waals surface area contributed by atoms with Gasteiger partial charge in [-0.1, -0.05) is 18.2 Å². The fourth-order valence-electron chi connectivity index (χ4n) is 2.69. The average molecular weight is 338 g/mol. The van der Waals surface area contributed by atoms with Crippen molar-refractivity contribution in [2.24, 2.45) is 5.73 Å². The highest BCUT2D eigenvalue weighted by Crippen LogP contribution is 2.23. The second-order valence-corrected chi connectivity index (χ2v) is 6.21. The number of hydrogen-bond donors (Lipinski definition) is 3. The molecule has 1 amide bonds. The Labute approximate surface area is 144 Å². The van der Waals surface area contributed by atoms with Gasteiger partial charge in [0.15, 0.2) is 0 Å². The number of H-pyrrole nitrogens is 1. The number of nitrogens with one attached hydrogen (secondary N) is 2. The lowest BCUT2D eigenvalue weighted by Crippen LogP contribution is -2.50. The number of nitrogens with two attached hydrogens (primary N) is 1. The highest BCUT2D eigenvalue weighted by atomic mass is 16.6. The van der Waals surface area contributed by atoms with Crippen molar-refractivity contribution in [3.63, 3.8) is 0 Å². The molecule has 4 N–H and O–H groups in total. The minimum absolute atomic E-state index is 0.0349. The summed E-state index contributed by atoms with van der Waals surface area (Å²) in [6.07, 6.45) is 2.21. The summed E-state index contributed by atoms with van der Waals surface area (Å²) < 4.78 is 0. The number of rotatable bonds is 5. The average Bonchev–Trinajstić information content (AvgIpc) is 2.98. The lowest BCUT2D eigenvalue weighted by atomic mass is 9.92. The van der Waals surface area contributed by atoms with Crippen molar-refractivity contribution in [3.05, 3.63) is 70.4 Å². The third-order valence-corrected chi connectivity index (χ3v) is 4.09. The number of nitrogens with zero attached hydrogens (tertiary/aromatic N) is 1. The summed E-state index contributed by atoms with van der Waals surface area (Å²) in [5.74, 6) is -0.355. The van der Waals surface area contributed by atoms with E-state index in [9.17, 15) is 14.9 Å². The monoisotopic (exact) mass is 338 g/mol. The molecule has 1 aromatic heterocycles. The Balaban J connectivity index is 1.74. The maximum Gasteiger partial charge on any atom is 0.269 e. The molecule has 0 fully saturated rings. The van der Waals surface area contributed by atoms with E-state index in [1.807, 2.05) is 30.5 Å². The first-order valence-corrected chi connectivity index (χ1v) is 7.76. The Morgan fingerprint density at radius 2 is 1.92 bits per heavy atom. The van der Waals surface area contributed by atoms with E-state index in [0.29, 0.717) is 12.1 Å². The second-order valence-electron chi connectivity index (χ2n) is 6.21. The van der Waals surface area contributed by atoms with Gasteiger partial charge in [0.1, 0.15) is 0 Å². The van der Waals surface area contributed by atoms with Gasteiger partial charge in [0.2, 0.25) is 5.91 Å². The molecular weight excluding hydrogens is 320 g/mol. The van der Waals surface area contributed by atoms with E-state index >= 15 is 0 Å². The lowest BCUT2D eigenvalue weighted by molar-refractivity contribution is -0.384. The molecule has 0 aliphatic heterocycles. The zero-order valence-electron chi connectivity index (χ0n) is 13.7. The van der Waals surface area contributed by atoms with E-state index in [1.54, 1.807) is 6.92 Å². The van der Waals surface area contributed by atoms with Crippen molar-refractivity contribution in [3.8, 4) is 0 Å². The number of aromatic nitrogens is 1. The summed E-state index contributed by atoms with van der Waals surface area (Å²) in [6.45, 7) is 1.66. The number of benzene rings is 2. The summed E-state index contributed by atoms with van der Waals surface area (Å²) in [5, 5.41) is 14.4. The van der Waals surface area contributed by atoms with Crippen molar-refractivity contribution in [2.45, 2.75) is 18.9 Å². The Bertz CT molecular complexity index is 929. The number of nitro benzene ring substituents is 1. The van der Waals surface area contributed by atoms with E-state index in [0.717, 1.165) is 16.5 Å². The van der Waals surface area contributed by atoms with Crippen molar-refractivity contribution in [1.82, 2.24) is 4.98 Å². The van der Waals surface area contributed by atoms with E-state index in [-0.39, 0.29) is 11.6 Å². The predicted molar refractivity (Wildman–Crippen MR) is 96.3 cm³/mol. The lowest BCUT2D eigenvalue weighted by Gasteiger charge is -2.23. The summed E-state index contributed by atoms with van der Waals surface area (Å²) in [4.78, 5) is 25.9. The summed E-state index contributed by atoms with van der Waals surface area (Å²) in [6, 6.07) is 13.5. The topological polar surface area (TPSA) is 114 Å². The van der Waals surface area contributed by atoms with Crippen molar-refractivity contribution >= 4 is 28.2 Å². The smallest absolute Gasteiger partial charge is 0.269 e. The quantitative estimate of drug-likeness (QED) is 0.490. The molecule has 0 aliphatic rings. The molecule has 1 heterocycles. The van der Waals surface area contributed by atoms with Crippen LogP contribution in [0.4, 0.5) is 11.4 Å². The van der Waals surface area contributed by atoms with Crippen LogP contribution in [0.3, 0.4) is 0 Å². The number of carbonyl (C=O) groups is 1. The number of amides is 1. The first-order valence-electron chi connectivity index (χ1n) is 7.76. The van der Waals surface area contributed by atoms with Gasteiger partial charge in [-0.05, 0) is 30.7 Å². The van der Waals surface area contributed by atoms with Crippen LogP contribution in [0.15, 0.2) is 54.7 Å². The second kappa shape index (κ2) is 6.37. The standard InChI is InChI=1S/C18H18N4O3/c1-18(19,10-12-11-20-16-5-3-2-4-15(12)16)17(23)21-13-6-8-14(9-7-13)22(24)25/h2-9,11,20H,10,19H2,1H3,(H,21,23)/t18-/m1/s1. The normalized spacial score (nSPS) is 13.4. The van der Waals surface area contributed by atoms with Crippen LogP contribution in [-0.2, 0) is 11.2 Å². The number of para-hydroxylation sites is 1. The van der Waals surface area contributed by atoms with Crippen LogP contribution in [0, 0.1) is 10.1 Å². The molecule has 3 aromatic rings. The first-order chi connectivity index (χ1) is 11.9. The predicted octanol–water partition coefficient (Wildman–Crippen LogP) is 2.97. The Kier molecular flexibility index (Phi) is 4.24. The SMILES string of the molecule is C[C@@](N)(Cc1c[nH]c2ccccc12)C(=O)Nc1ccc([N+](=O)[O-])cc1. The van der Waals surface area contributed by atoms with Gasteiger partial charge in [-0.25, -0.2) is 0 Å². The number of non-ortho nitro benzene ring substituents is 1. The number of hydrogen-bond acceptors (Lipinski definition) is 4. The van der Waals surface area contributed by atoms with Crippen LogP contribution >= 0.6 is 0 Å². The van der Waals surface area contributed by atoms with Gasteiger partial charge in [-0.15, -0.1) is 0 Å². The number of aromatic amines is 1. The van der Waals surface area contributed by atoms with Crippen LogP contribution in [0.25, 0.3) is 10.9 Å². The van der Waals surface area contributed by atoms with Crippen molar-refractivity contribution in [1.29, 1.82) is 0 Å². The molecule has 0 bridgehead atoms. The summed E-state index contributed by atoms with van der Waals surface area (Å²) in [7, 11) is 0. The Morgan fingerprint density at radius 3 is 2.60 bits per heavy atom. The molecular formula is C18H18N4O3. The van der Waals surface area contributed by atoms with E-state index in [2.05, 4.69) is 10.3 Å². The molecule has 1 atom stereocenters. The van der Waals surface area contributed by atoms with Gasteiger partial charge in [0.05, 0.1) is 10.5 Å². The van der Waals surface area contributed by atoms with Crippen molar-refractivity contribution < 1.29 is 9.72 Å². The van der Waals surface area contributed by atoms with Crippen LogP contribution in [-0.4, -0.2) is 21.4 Å². The Hall–Kier alpha value is -3.19. The molecule has 0 unspecified atom stereocenters. The number of fused-ring (bicyclic) bond motifs is 1. The van der Waals surface area contributed by atoms with Gasteiger partial charge in [0.25, 0.3) is 5.69 Å².